The third-order valence-corrected chi connectivity index (χ3v) is 5.69. The summed E-state index contributed by atoms with van der Waals surface area (Å²) in [5.74, 6) is -0.347. The molecule has 8 nitrogen and oxygen atoms in total. The lowest BCUT2D eigenvalue weighted by Gasteiger charge is -2.29. The molecule has 168 valence electrons. The van der Waals surface area contributed by atoms with Gasteiger partial charge < -0.3 is 9.74 Å². The van der Waals surface area contributed by atoms with Gasteiger partial charge >= 0.3 is 6.18 Å². The van der Waals surface area contributed by atoms with E-state index in [1.54, 1.807) is 12.1 Å². The van der Waals surface area contributed by atoms with Gasteiger partial charge in [-0.15, -0.1) is 5.10 Å². The molecule has 1 aliphatic heterocycles. The van der Waals surface area contributed by atoms with Crippen molar-refractivity contribution in [2.45, 2.75) is 19.1 Å². The van der Waals surface area contributed by atoms with Crippen LogP contribution in [-0.4, -0.2) is 42.5 Å². The van der Waals surface area contributed by atoms with Crippen molar-refractivity contribution in [3.05, 3.63) is 76.2 Å². The van der Waals surface area contributed by atoms with Crippen LogP contribution in [0.15, 0.2) is 48.8 Å². The summed E-state index contributed by atoms with van der Waals surface area (Å²) < 4.78 is 39.5. The van der Waals surface area contributed by atoms with Crippen LogP contribution in [0.25, 0.3) is 11.0 Å². The number of carbonyl (C=O) groups excluding carboxylic acids is 1. The van der Waals surface area contributed by atoms with E-state index in [9.17, 15) is 18.0 Å². The normalized spacial score (nSPS) is 13.8. The Hall–Kier alpha value is -3.73. The molecule has 0 N–H and O–H groups in total. The first-order valence-electron chi connectivity index (χ1n) is 9.79. The van der Waals surface area contributed by atoms with E-state index in [0.29, 0.717) is 28.7 Å². The van der Waals surface area contributed by atoms with Gasteiger partial charge in [0, 0.05) is 12.1 Å². The van der Waals surface area contributed by atoms with Crippen molar-refractivity contribution in [2.75, 3.05) is 6.54 Å². The first-order valence-corrected chi connectivity index (χ1v) is 10.2. The van der Waals surface area contributed by atoms with Gasteiger partial charge in [0.2, 0.25) is 0 Å². The highest BCUT2D eigenvalue weighted by Gasteiger charge is 2.36. The van der Waals surface area contributed by atoms with E-state index in [4.69, 9.17) is 16.4 Å². The topological polar surface area (TPSA) is 86.0 Å². The number of para-hydroxylation sites is 1. The number of rotatable bonds is 3. The van der Waals surface area contributed by atoms with Crippen molar-refractivity contribution in [2.24, 2.45) is 0 Å². The third kappa shape index (κ3) is 3.84. The highest BCUT2D eigenvalue weighted by Crippen LogP contribution is 2.37. The summed E-state index contributed by atoms with van der Waals surface area (Å²) in [6.07, 6.45) is -3.04. The van der Waals surface area contributed by atoms with Crippen LogP contribution in [0.1, 0.15) is 27.2 Å². The van der Waals surface area contributed by atoms with Crippen LogP contribution in [-0.2, 0) is 19.1 Å². The van der Waals surface area contributed by atoms with Gasteiger partial charge in [-0.3, -0.25) is 4.79 Å². The Morgan fingerprint density at radius 1 is 1.09 bits per heavy atom. The van der Waals surface area contributed by atoms with Crippen molar-refractivity contribution in [1.29, 1.82) is 0 Å². The number of amides is 1. The number of aromatic nitrogens is 5. The van der Waals surface area contributed by atoms with Gasteiger partial charge in [-0.1, -0.05) is 34.6 Å². The quantitative estimate of drug-likeness (QED) is 0.447. The second-order valence-corrected chi connectivity index (χ2v) is 7.67. The summed E-state index contributed by atoms with van der Waals surface area (Å²) >= 11 is 5.93. The van der Waals surface area contributed by atoms with Crippen LogP contribution < -0.4 is 4.84 Å². The Bertz CT molecular complexity index is 1370. The van der Waals surface area contributed by atoms with E-state index in [1.807, 2.05) is 12.1 Å². The Kier molecular flexibility index (Phi) is 5.12. The highest BCUT2D eigenvalue weighted by atomic mass is 35.5. The Morgan fingerprint density at radius 2 is 1.91 bits per heavy atom. The molecule has 0 bridgehead atoms. The predicted molar refractivity (Wildman–Crippen MR) is 110 cm³/mol. The first kappa shape index (κ1) is 21.1. The van der Waals surface area contributed by atoms with Gasteiger partial charge in [0.15, 0.2) is 0 Å². The monoisotopic (exact) mass is 474 g/mol. The van der Waals surface area contributed by atoms with Crippen LogP contribution in [0, 0.1) is 0 Å². The predicted octanol–water partition coefficient (Wildman–Crippen LogP) is 3.93. The zero-order chi connectivity index (χ0) is 23.2. The van der Waals surface area contributed by atoms with E-state index in [0.717, 1.165) is 12.1 Å². The summed E-state index contributed by atoms with van der Waals surface area (Å²) in [5.41, 5.74) is 1.23. The summed E-state index contributed by atoms with van der Waals surface area (Å²) in [4.78, 5) is 29.9. The molecule has 0 atom stereocenters. The van der Waals surface area contributed by atoms with Crippen LogP contribution >= 0.6 is 11.6 Å². The molecule has 1 amide bonds. The van der Waals surface area contributed by atoms with Crippen LogP contribution in [0.4, 0.5) is 13.2 Å². The number of nitrogens with zero attached hydrogens (tertiary/aromatic N) is 6. The molecule has 5 rings (SSSR count). The van der Waals surface area contributed by atoms with Gasteiger partial charge in [-0.05, 0) is 35.9 Å². The van der Waals surface area contributed by atoms with E-state index in [2.05, 4.69) is 20.3 Å². The highest BCUT2D eigenvalue weighted by molar-refractivity contribution is 6.34. The molecule has 1 aliphatic rings. The molecule has 0 saturated carbocycles. The van der Waals surface area contributed by atoms with Crippen molar-refractivity contribution in [1.82, 2.24) is 30.0 Å². The molecule has 2 aromatic carbocycles. The lowest BCUT2D eigenvalue weighted by atomic mass is 10.0. The number of fused-ring (bicyclic) bond motifs is 2. The number of alkyl halides is 3. The molecule has 0 radical (unpaired) electrons. The molecule has 0 spiro atoms. The molecular weight excluding hydrogens is 461 g/mol. The molecule has 4 aromatic rings. The zero-order valence-corrected chi connectivity index (χ0v) is 17.5. The van der Waals surface area contributed by atoms with Gasteiger partial charge in [-0.25, -0.2) is 4.98 Å². The van der Waals surface area contributed by atoms with Crippen molar-refractivity contribution < 1.29 is 22.8 Å². The summed E-state index contributed by atoms with van der Waals surface area (Å²) in [7, 11) is 0. The minimum absolute atomic E-state index is 0.0672. The van der Waals surface area contributed by atoms with Gasteiger partial charge in [-0.2, -0.15) is 18.2 Å². The molecule has 2 aromatic heterocycles. The number of hydrogen-bond acceptors (Lipinski definition) is 6. The number of hydrogen-bond donors (Lipinski definition) is 0. The van der Waals surface area contributed by atoms with Crippen molar-refractivity contribution in [3.63, 3.8) is 0 Å². The van der Waals surface area contributed by atoms with E-state index >= 15 is 0 Å². The summed E-state index contributed by atoms with van der Waals surface area (Å²) in [6, 6.07) is 10.5. The molecule has 0 aliphatic carbocycles. The maximum absolute atomic E-state index is 13.2. The summed E-state index contributed by atoms with van der Waals surface area (Å²) in [6.45, 7) is 0.290. The smallest absolute Gasteiger partial charge is 0.335 e. The molecule has 0 unspecified atom stereocenters. The Balaban J connectivity index is 1.41. The van der Waals surface area contributed by atoms with E-state index in [-0.39, 0.29) is 24.5 Å². The second-order valence-electron chi connectivity index (χ2n) is 7.29. The van der Waals surface area contributed by atoms with Crippen LogP contribution in [0.5, 0.6) is 5.88 Å². The van der Waals surface area contributed by atoms with Gasteiger partial charge in [0.05, 0.1) is 28.4 Å². The largest absolute Gasteiger partial charge is 0.417 e. The fourth-order valence-electron chi connectivity index (χ4n) is 3.66. The number of benzene rings is 2. The minimum Gasteiger partial charge on any atom is -0.335 e. The third-order valence-electron chi connectivity index (χ3n) is 5.28. The number of halogens is 4. The Labute approximate surface area is 189 Å². The SMILES string of the molecule is O=C(c1cccc(C(F)(F)F)c1Cl)N1CCc2c(ncnc2On2nnc3ccccc32)C1. The fourth-order valence-corrected chi connectivity index (χ4v) is 3.97. The van der Waals surface area contributed by atoms with Crippen LogP contribution in [0.3, 0.4) is 0 Å². The van der Waals surface area contributed by atoms with Gasteiger partial charge in [0.1, 0.15) is 17.4 Å². The van der Waals surface area contributed by atoms with Crippen LogP contribution in [0.2, 0.25) is 5.02 Å². The van der Waals surface area contributed by atoms with Crippen molar-refractivity contribution >= 4 is 28.5 Å². The minimum atomic E-state index is -4.66. The molecule has 12 heteroatoms. The fraction of sp³-hybridized carbons (Fsp3) is 0.190. The lowest BCUT2D eigenvalue weighted by molar-refractivity contribution is -0.137. The molecule has 33 heavy (non-hydrogen) atoms. The van der Waals surface area contributed by atoms with E-state index in [1.165, 1.54) is 22.1 Å². The maximum atomic E-state index is 13.2. The lowest BCUT2D eigenvalue weighted by Crippen LogP contribution is -2.37. The van der Waals surface area contributed by atoms with E-state index < -0.39 is 22.7 Å². The van der Waals surface area contributed by atoms with Gasteiger partial charge in [0.25, 0.3) is 11.8 Å². The Morgan fingerprint density at radius 3 is 2.73 bits per heavy atom. The standard InChI is InChI=1S/C21H14ClF3N6O2/c22-18-13(4-3-5-14(18)21(23,24)25)20(32)30-9-8-12-16(10-30)26-11-27-19(12)33-31-17-7-2-1-6-15(17)28-29-31/h1-7,11H,8-10H2. The molecular formula is C21H14ClF3N6O2. The molecule has 0 fully saturated rings. The first-order chi connectivity index (χ1) is 15.8. The number of carbonyl (C=O) groups is 1. The molecule has 0 saturated heterocycles. The van der Waals surface area contributed by atoms with Crippen molar-refractivity contribution in [3.8, 4) is 5.88 Å². The average Bonchev–Trinajstić information content (AvgIpc) is 3.21. The maximum Gasteiger partial charge on any atom is 0.417 e. The zero-order valence-electron chi connectivity index (χ0n) is 16.8. The average molecular weight is 475 g/mol. The summed E-state index contributed by atoms with van der Waals surface area (Å²) in [5, 5.41) is 7.38. The second kappa shape index (κ2) is 8.00. The molecule has 3 heterocycles.